The number of ether oxygens (including phenoxy) is 1. The monoisotopic (exact) mass is 312 g/mol. The molecule has 0 aliphatic carbocycles. The van der Waals surface area contributed by atoms with Gasteiger partial charge in [-0.1, -0.05) is 48.0 Å². The second kappa shape index (κ2) is 9.33. The van der Waals surface area contributed by atoms with E-state index in [2.05, 4.69) is 67.6 Å². The summed E-state index contributed by atoms with van der Waals surface area (Å²) in [5, 5.41) is 3.50. The summed E-state index contributed by atoms with van der Waals surface area (Å²) in [7, 11) is 4.21. The average molecular weight is 312 g/mol. The molecule has 0 fully saturated rings. The van der Waals surface area contributed by atoms with Crippen LogP contribution in [0.1, 0.15) is 23.1 Å². The van der Waals surface area contributed by atoms with Crippen LogP contribution in [-0.4, -0.2) is 32.1 Å². The lowest BCUT2D eigenvalue weighted by Crippen LogP contribution is -2.21. The van der Waals surface area contributed by atoms with Gasteiger partial charge in [-0.2, -0.15) is 0 Å². The predicted molar refractivity (Wildman–Crippen MR) is 96.8 cm³/mol. The molecule has 0 bridgehead atoms. The van der Waals surface area contributed by atoms with Crippen molar-refractivity contribution in [1.29, 1.82) is 0 Å². The maximum absolute atomic E-state index is 6.01. The normalized spacial score (nSPS) is 11.0. The summed E-state index contributed by atoms with van der Waals surface area (Å²) in [6, 6.07) is 16.8. The lowest BCUT2D eigenvalue weighted by atomic mass is 10.1. The molecule has 124 valence electrons. The molecule has 3 heteroatoms. The van der Waals surface area contributed by atoms with Gasteiger partial charge in [-0.25, -0.2) is 0 Å². The van der Waals surface area contributed by atoms with Crippen LogP contribution in [0.3, 0.4) is 0 Å². The summed E-state index contributed by atoms with van der Waals surface area (Å²) >= 11 is 0. The molecule has 0 spiro atoms. The summed E-state index contributed by atoms with van der Waals surface area (Å²) in [5.41, 5.74) is 3.69. The molecule has 3 nitrogen and oxygen atoms in total. The van der Waals surface area contributed by atoms with E-state index in [1.54, 1.807) is 0 Å². The molecule has 0 heterocycles. The number of para-hydroxylation sites is 1. The molecule has 0 aliphatic rings. The van der Waals surface area contributed by atoms with Crippen LogP contribution in [0, 0.1) is 6.92 Å². The van der Waals surface area contributed by atoms with E-state index in [0.29, 0.717) is 6.61 Å². The minimum absolute atomic E-state index is 0.609. The van der Waals surface area contributed by atoms with Crippen molar-refractivity contribution in [3.8, 4) is 5.75 Å². The van der Waals surface area contributed by atoms with Crippen LogP contribution in [0.15, 0.2) is 48.5 Å². The zero-order valence-electron chi connectivity index (χ0n) is 14.5. The Morgan fingerprint density at radius 2 is 1.74 bits per heavy atom. The first-order valence-corrected chi connectivity index (χ1v) is 8.27. The number of hydrogen-bond acceptors (Lipinski definition) is 3. The Labute approximate surface area is 140 Å². The maximum Gasteiger partial charge on any atom is 0.124 e. The summed E-state index contributed by atoms with van der Waals surface area (Å²) in [6.45, 7) is 5.68. The lowest BCUT2D eigenvalue weighted by molar-refractivity contribution is 0.302. The van der Waals surface area contributed by atoms with Crippen LogP contribution < -0.4 is 10.1 Å². The molecule has 0 radical (unpaired) electrons. The second-order valence-corrected chi connectivity index (χ2v) is 6.22. The van der Waals surface area contributed by atoms with Gasteiger partial charge in [-0.3, -0.25) is 0 Å². The molecule has 0 amide bonds. The molecular formula is C20H28N2O. The van der Waals surface area contributed by atoms with E-state index in [0.717, 1.165) is 31.8 Å². The quantitative estimate of drug-likeness (QED) is 0.716. The van der Waals surface area contributed by atoms with Crippen LogP contribution in [0.5, 0.6) is 5.75 Å². The van der Waals surface area contributed by atoms with Gasteiger partial charge in [0.2, 0.25) is 0 Å². The Morgan fingerprint density at radius 3 is 2.48 bits per heavy atom. The molecule has 0 saturated heterocycles. The van der Waals surface area contributed by atoms with Crippen molar-refractivity contribution in [3.05, 3.63) is 65.2 Å². The first-order valence-electron chi connectivity index (χ1n) is 8.27. The molecule has 23 heavy (non-hydrogen) atoms. The molecule has 0 aromatic heterocycles. The average Bonchev–Trinajstić information content (AvgIpc) is 2.55. The minimum atomic E-state index is 0.609. The van der Waals surface area contributed by atoms with E-state index < -0.39 is 0 Å². The van der Waals surface area contributed by atoms with Crippen LogP contribution in [-0.2, 0) is 13.2 Å². The summed E-state index contributed by atoms with van der Waals surface area (Å²) in [4.78, 5) is 2.21. The van der Waals surface area contributed by atoms with Crippen LogP contribution in [0.4, 0.5) is 0 Å². The Hall–Kier alpha value is -1.84. The van der Waals surface area contributed by atoms with Crippen LogP contribution >= 0.6 is 0 Å². The Balaban J connectivity index is 1.83. The molecule has 0 atom stereocenters. The highest BCUT2D eigenvalue weighted by molar-refractivity contribution is 5.33. The number of hydrogen-bond donors (Lipinski definition) is 1. The van der Waals surface area contributed by atoms with E-state index in [9.17, 15) is 0 Å². The van der Waals surface area contributed by atoms with Crippen molar-refractivity contribution in [2.24, 2.45) is 0 Å². The largest absolute Gasteiger partial charge is 0.489 e. The molecule has 1 N–H and O–H groups in total. The van der Waals surface area contributed by atoms with Crippen molar-refractivity contribution < 1.29 is 4.74 Å². The molecular weight excluding hydrogens is 284 g/mol. The third kappa shape index (κ3) is 6.43. The lowest BCUT2D eigenvalue weighted by Gasteiger charge is -2.13. The molecule has 0 saturated carbocycles. The highest BCUT2D eigenvalue weighted by Crippen LogP contribution is 2.19. The van der Waals surface area contributed by atoms with E-state index >= 15 is 0 Å². The first-order chi connectivity index (χ1) is 11.1. The number of nitrogens with zero attached hydrogens (tertiary/aromatic N) is 1. The van der Waals surface area contributed by atoms with E-state index in [1.165, 1.54) is 16.7 Å². The van der Waals surface area contributed by atoms with Gasteiger partial charge in [0.15, 0.2) is 0 Å². The number of rotatable bonds is 9. The zero-order valence-corrected chi connectivity index (χ0v) is 14.5. The standard InChI is InChI=1S/C20H28N2O/c1-17-9-11-18(12-10-17)16-23-20-8-5-4-7-19(20)15-21-13-6-14-22(2)3/h4-5,7-12,21H,6,13-16H2,1-3H3. The molecule has 0 unspecified atom stereocenters. The smallest absolute Gasteiger partial charge is 0.124 e. The van der Waals surface area contributed by atoms with Crippen molar-refractivity contribution in [2.75, 3.05) is 27.2 Å². The SMILES string of the molecule is Cc1ccc(COc2ccccc2CNCCCN(C)C)cc1. The fourth-order valence-corrected chi connectivity index (χ4v) is 2.38. The Bertz CT molecular complexity index is 578. The molecule has 2 rings (SSSR count). The van der Waals surface area contributed by atoms with Crippen LogP contribution in [0.2, 0.25) is 0 Å². The number of nitrogens with one attached hydrogen (secondary N) is 1. The summed E-state index contributed by atoms with van der Waals surface area (Å²) in [5.74, 6) is 0.966. The van der Waals surface area contributed by atoms with Crippen molar-refractivity contribution in [2.45, 2.75) is 26.5 Å². The van der Waals surface area contributed by atoms with Crippen molar-refractivity contribution in [1.82, 2.24) is 10.2 Å². The summed E-state index contributed by atoms with van der Waals surface area (Å²) < 4.78 is 6.01. The third-order valence-electron chi connectivity index (χ3n) is 3.76. The second-order valence-electron chi connectivity index (χ2n) is 6.22. The van der Waals surface area contributed by atoms with E-state index in [-0.39, 0.29) is 0 Å². The highest BCUT2D eigenvalue weighted by atomic mass is 16.5. The predicted octanol–water partition coefficient (Wildman–Crippen LogP) is 3.62. The Kier molecular flexibility index (Phi) is 7.11. The Morgan fingerprint density at radius 1 is 1.00 bits per heavy atom. The van der Waals surface area contributed by atoms with E-state index in [4.69, 9.17) is 4.74 Å². The van der Waals surface area contributed by atoms with E-state index in [1.807, 2.05) is 12.1 Å². The van der Waals surface area contributed by atoms with Crippen LogP contribution in [0.25, 0.3) is 0 Å². The van der Waals surface area contributed by atoms with Gasteiger partial charge in [0.1, 0.15) is 12.4 Å². The van der Waals surface area contributed by atoms with Gasteiger partial charge in [0, 0.05) is 12.1 Å². The molecule has 0 aliphatic heterocycles. The van der Waals surface area contributed by atoms with Gasteiger partial charge < -0.3 is 15.0 Å². The number of aryl methyl sites for hydroxylation is 1. The van der Waals surface area contributed by atoms with Crippen molar-refractivity contribution >= 4 is 0 Å². The van der Waals surface area contributed by atoms with Gasteiger partial charge in [-0.15, -0.1) is 0 Å². The van der Waals surface area contributed by atoms with Gasteiger partial charge >= 0.3 is 0 Å². The summed E-state index contributed by atoms with van der Waals surface area (Å²) in [6.07, 6.45) is 1.15. The minimum Gasteiger partial charge on any atom is -0.489 e. The molecule has 2 aromatic rings. The molecule has 2 aromatic carbocycles. The van der Waals surface area contributed by atoms with Crippen molar-refractivity contribution in [3.63, 3.8) is 0 Å². The fraction of sp³-hybridized carbons (Fsp3) is 0.400. The topological polar surface area (TPSA) is 24.5 Å². The fourth-order valence-electron chi connectivity index (χ4n) is 2.38. The zero-order chi connectivity index (χ0) is 16.5. The maximum atomic E-state index is 6.01. The van der Waals surface area contributed by atoms with Gasteiger partial charge in [0.05, 0.1) is 0 Å². The van der Waals surface area contributed by atoms with Gasteiger partial charge in [0.25, 0.3) is 0 Å². The third-order valence-corrected chi connectivity index (χ3v) is 3.76. The van der Waals surface area contributed by atoms with Gasteiger partial charge in [-0.05, 0) is 52.2 Å². The number of benzene rings is 2. The highest BCUT2D eigenvalue weighted by Gasteiger charge is 2.03. The first kappa shape index (κ1) is 17.5.